The molecule has 112 valence electrons. The van der Waals surface area contributed by atoms with Gasteiger partial charge in [0.1, 0.15) is 0 Å². The van der Waals surface area contributed by atoms with E-state index in [0.29, 0.717) is 0 Å². The molecular formula is C14H13N5OS2. The van der Waals surface area contributed by atoms with Gasteiger partial charge in [-0.1, -0.05) is 11.8 Å². The van der Waals surface area contributed by atoms with Gasteiger partial charge in [0.25, 0.3) is 0 Å². The number of thiazole rings is 1. The number of thioether (sulfide) groups is 1. The normalized spacial score (nSPS) is 11.5. The predicted molar refractivity (Wildman–Crippen MR) is 86.0 cm³/mol. The minimum atomic E-state index is 0.740. The third-order valence-corrected chi connectivity index (χ3v) is 5.04. The van der Waals surface area contributed by atoms with Crippen molar-refractivity contribution in [3.8, 4) is 11.6 Å². The maximum absolute atomic E-state index is 5.42. The van der Waals surface area contributed by atoms with E-state index in [2.05, 4.69) is 32.9 Å². The fourth-order valence-electron chi connectivity index (χ4n) is 2.25. The molecule has 0 aliphatic carbocycles. The number of hydrogen-bond donors (Lipinski definition) is 0. The summed E-state index contributed by atoms with van der Waals surface area (Å²) in [6.07, 6.45) is 5.72. The number of rotatable bonds is 5. The lowest BCUT2D eigenvalue weighted by Gasteiger charge is -2.04. The van der Waals surface area contributed by atoms with Gasteiger partial charge >= 0.3 is 0 Å². The fraction of sp³-hybridized carbons (Fsp3) is 0.214. The van der Waals surface area contributed by atoms with E-state index in [-0.39, 0.29) is 0 Å². The molecule has 8 heteroatoms. The van der Waals surface area contributed by atoms with Gasteiger partial charge in [-0.3, -0.25) is 8.97 Å². The van der Waals surface area contributed by atoms with Gasteiger partial charge in [0, 0.05) is 30.1 Å². The van der Waals surface area contributed by atoms with Gasteiger partial charge < -0.3 is 4.42 Å². The van der Waals surface area contributed by atoms with E-state index >= 15 is 0 Å². The summed E-state index contributed by atoms with van der Waals surface area (Å²) < 4.78 is 9.52. The van der Waals surface area contributed by atoms with E-state index in [0.717, 1.165) is 39.7 Å². The Morgan fingerprint density at radius 2 is 2.32 bits per heavy atom. The number of aromatic nitrogens is 5. The summed E-state index contributed by atoms with van der Waals surface area (Å²) in [5, 5.41) is 11.4. The summed E-state index contributed by atoms with van der Waals surface area (Å²) in [6.45, 7) is 2.87. The van der Waals surface area contributed by atoms with Crippen LogP contribution < -0.4 is 0 Å². The lowest BCUT2D eigenvalue weighted by Crippen LogP contribution is -1.99. The first-order valence-electron chi connectivity index (χ1n) is 6.86. The van der Waals surface area contributed by atoms with Gasteiger partial charge in [0.05, 0.1) is 12.0 Å². The van der Waals surface area contributed by atoms with E-state index in [1.165, 1.54) is 0 Å². The van der Waals surface area contributed by atoms with Crippen LogP contribution in [0.2, 0.25) is 0 Å². The first kappa shape index (κ1) is 13.6. The molecule has 0 bridgehead atoms. The highest BCUT2D eigenvalue weighted by Gasteiger charge is 2.15. The van der Waals surface area contributed by atoms with Gasteiger partial charge in [-0.15, -0.1) is 21.5 Å². The summed E-state index contributed by atoms with van der Waals surface area (Å²) in [5.74, 6) is 2.27. The van der Waals surface area contributed by atoms with E-state index in [1.807, 2.05) is 28.1 Å². The average Bonchev–Trinajstić information content (AvgIpc) is 3.26. The molecule has 4 heterocycles. The standard InChI is InChI=1S/C14H13N5OS2/c1-2-19-12(11-4-3-6-20-11)16-17-14(19)22-9-10-8-18-5-7-21-13(18)15-10/h3-8H,2,9H2,1H3. The molecule has 0 fully saturated rings. The van der Waals surface area contributed by atoms with E-state index in [4.69, 9.17) is 4.42 Å². The second-order valence-electron chi connectivity index (χ2n) is 4.64. The van der Waals surface area contributed by atoms with Crippen LogP contribution in [0.25, 0.3) is 16.5 Å². The van der Waals surface area contributed by atoms with Crippen LogP contribution in [0.3, 0.4) is 0 Å². The van der Waals surface area contributed by atoms with E-state index in [9.17, 15) is 0 Å². The summed E-state index contributed by atoms with van der Waals surface area (Å²) in [7, 11) is 0. The quantitative estimate of drug-likeness (QED) is 0.523. The Kier molecular flexibility index (Phi) is 3.47. The zero-order valence-corrected chi connectivity index (χ0v) is 13.5. The maximum Gasteiger partial charge on any atom is 0.200 e. The molecule has 0 atom stereocenters. The van der Waals surface area contributed by atoms with Crippen molar-refractivity contribution in [2.75, 3.05) is 0 Å². The van der Waals surface area contributed by atoms with Crippen molar-refractivity contribution in [3.05, 3.63) is 41.9 Å². The molecular weight excluding hydrogens is 318 g/mol. The van der Waals surface area contributed by atoms with Crippen LogP contribution in [0.5, 0.6) is 0 Å². The minimum Gasteiger partial charge on any atom is -0.461 e. The maximum atomic E-state index is 5.42. The lowest BCUT2D eigenvalue weighted by atomic mass is 10.4. The molecule has 0 amide bonds. The number of nitrogens with zero attached hydrogens (tertiary/aromatic N) is 5. The molecule has 4 aromatic heterocycles. The SMILES string of the molecule is CCn1c(SCc2cn3ccsc3n2)nnc1-c1ccco1. The molecule has 0 saturated carbocycles. The van der Waals surface area contributed by atoms with E-state index in [1.54, 1.807) is 29.4 Å². The van der Waals surface area contributed by atoms with Crippen LogP contribution in [0.4, 0.5) is 0 Å². The molecule has 0 aromatic carbocycles. The summed E-state index contributed by atoms with van der Waals surface area (Å²) in [6, 6.07) is 3.75. The molecule has 0 radical (unpaired) electrons. The van der Waals surface area contributed by atoms with Crippen molar-refractivity contribution in [1.29, 1.82) is 0 Å². The Morgan fingerprint density at radius 3 is 3.09 bits per heavy atom. The number of imidazole rings is 1. The summed E-state index contributed by atoms with van der Waals surface area (Å²) in [4.78, 5) is 5.60. The molecule has 0 aliphatic heterocycles. The third-order valence-electron chi connectivity index (χ3n) is 3.27. The van der Waals surface area contributed by atoms with Crippen molar-refractivity contribution >= 4 is 28.1 Å². The first-order valence-corrected chi connectivity index (χ1v) is 8.72. The Hall–Kier alpha value is -2.06. The molecule has 0 spiro atoms. The average molecular weight is 331 g/mol. The molecule has 0 aliphatic rings. The second-order valence-corrected chi connectivity index (χ2v) is 6.46. The first-order chi connectivity index (χ1) is 10.8. The highest BCUT2D eigenvalue weighted by Crippen LogP contribution is 2.26. The largest absolute Gasteiger partial charge is 0.461 e. The predicted octanol–water partition coefficient (Wildman–Crippen LogP) is 3.56. The van der Waals surface area contributed by atoms with E-state index < -0.39 is 0 Å². The molecule has 4 rings (SSSR count). The Balaban J connectivity index is 1.56. The molecule has 4 aromatic rings. The zero-order chi connectivity index (χ0) is 14.9. The number of furan rings is 1. The van der Waals surface area contributed by atoms with Gasteiger partial charge in [0.15, 0.2) is 21.7 Å². The summed E-state index contributed by atoms with van der Waals surface area (Å²) >= 11 is 3.27. The lowest BCUT2D eigenvalue weighted by molar-refractivity contribution is 0.567. The summed E-state index contributed by atoms with van der Waals surface area (Å²) in [5.41, 5.74) is 1.04. The zero-order valence-electron chi connectivity index (χ0n) is 11.8. The van der Waals surface area contributed by atoms with Gasteiger partial charge in [-0.05, 0) is 19.1 Å². The molecule has 0 N–H and O–H groups in total. The van der Waals surface area contributed by atoms with Crippen molar-refractivity contribution in [2.24, 2.45) is 0 Å². The number of fused-ring (bicyclic) bond motifs is 1. The van der Waals surface area contributed by atoms with Crippen LogP contribution in [0, 0.1) is 0 Å². The van der Waals surface area contributed by atoms with Crippen molar-refractivity contribution in [2.45, 2.75) is 24.4 Å². The third kappa shape index (κ3) is 2.34. The van der Waals surface area contributed by atoms with Crippen LogP contribution in [0.1, 0.15) is 12.6 Å². The molecule has 0 unspecified atom stereocenters. The molecule has 6 nitrogen and oxygen atoms in total. The second kappa shape index (κ2) is 5.62. The Labute approximate surface area is 134 Å². The highest BCUT2D eigenvalue weighted by atomic mass is 32.2. The van der Waals surface area contributed by atoms with Crippen molar-refractivity contribution in [3.63, 3.8) is 0 Å². The Bertz CT molecular complexity index is 861. The number of hydrogen-bond acceptors (Lipinski definition) is 6. The van der Waals surface area contributed by atoms with Crippen LogP contribution in [0.15, 0.2) is 45.7 Å². The van der Waals surface area contributed by atoms with Gasteiger partial charge in [-0.25, -0.2) is 4.98 Å². The van der Waals surface area contributed by atoms with Crippen LogP contribution in [-0.2, 0) is 12.3 Å². The monoisotopic (exact) mass is 331 g/mol. The van der Waals surface area contributed by atoms with Gasteiger partial charge in [0.2, 0.25) is 0 Å². The van der Waals surface area contributed by atoms with Crippen LogP contribution >= 0.6 is 23.1 Å². The Morgan fingerprint density at radius 1 is 1.36 bits per heavy atom. The van der Waals surface area contributed by atoms with Gasteiger partial charge in [-0.2, -0.15) is 0 Å². The topological polar surface area (TPSA) is 61.2 Å². The molecule has 22 heavy (non-hydrogen) atoms. The molecule has 0 saturated heterocycles. The van der Waals surface area contributed by atoms with Crippen LogP contribution in [-0.4, -0.2) is 24.1 Å². The van der Waals surface area contributed by atoms with Crippen molar-refractivity contribution < 1.29 is 4.42 Å². The minimum absolute atomic E-state index is 0.740. The smallest absolute Gasteiger partial charge is 0.200 e. The highest BCUT2D eigenvalue weighted by molar-refractivity contribution is 7.98. The fourth-order valence-corrected chi connectivity index (χ4v) is 3.86. The van der Waals surface area contributed by atoms with Crippen molar-refractivity contribution in [1.82, 2.24) is 24.1 Å².